The number of aliphatic hydroxyl groups is 1. The van der Waals surface area contributed by atoms with E-state index in [2.05, 4.69) is 27.8 Å². The van der Waals surface area contributed by atoms with E-state index in [0.29, 0.717) is 12.5 Å². The Kier molecular flexibility index (Phi) is 6.06. The maximum Gasteiger partial charge on any atom is 0.315 e. The number of carbonyl (C=O) groups excluding carboxylic acids is 1. The van der Waals surface area contributed by atoms with Crippen molar-refractivity contribution in [3.8, 4) is 0 Å². The highest BCUT2D eigenvalue weighted by molar-refractivity contribution is 5.74. The monoisotopic (exact) mass is 342 g/mol. The molecule has 134 valence electrons. The Morgan fingerprint density at radius 3 is 2.68 bits per heavy atom. The Morgan fingerprint density at radius 1 is 1.20 bits per heavy atom. The molecule has 3 N–H and O–H groups in total. The van der Waals surface area contributed by atoms with Gasteiger partial charge >= 0.3 is 6.03 Å². The van der Waals surface area contributed by atoms with Crippen LogP contribution in [0.25, 0.3) is 0 Å². The number of aromatic nitrogens is 2. The molecule has 2 amide bonds. The van der Waals surface area contributed by atoms with E-state index in [1.54, 1.807) is 6.20 Å². The fraction of sp³-hybridized carbons (Fsp3) is 0.474. The van der Waals surface area contributed by atoms with Gasteiger partial charge < -0.3 is 20.3 Å². The second-order valence-electron chi connectivity index (χ2n) is 6.68. The minimum Gasteiger partial charge on any atom is -0.396 e. The average molecular weight is 342 g/mol. The van der Waals surface area contributed by atoms with Crippen LogP contribution >= 0.6 is 0 Å². The molecule has 1 aromatic carbocycles. The standard InChI is InChI=1S/C19H26N4O2/c24-14-16-6-8-17(9-7-16)22-19(25)21-12-18-20-10-11-23(18)13-15-4-2-1-3-5-15/h1-5,10-11,16-17,24H,6-9,12-14H2,(H2,21,22,25). The zero-order valence-electron chi connectivity index (χ0n) is 14.4. The molecule has 1 aromatic heterocycles. The second-order valence-corrected chi connectivity index (χ2v) is 6.68. The number of nitrogens with one attached hydrogen (secondary N) is 2. The maximum atomic E-state index is 12.1. The highest BCUT2D eigenvalue weighted by Crippen LogP contribution is 2.23. The fourth-order valence-corrected chi connectivity index (χ4v) is 3.32. The Bertz CT molecular complexity index is 663. The van der Waals surface area contributed by atoms with Gasteiger partial charge in [-0.3, -0.25) is 0 Å². The molecule has 1 aliphatic carbocycles. The van der Waals surface area contributed by atoms with Crippen molar-refractivity contribution in [1.29, 1.82) is 0 Å². The first-order valence-corrected chi connectivity index (χ1v) is 8.93. The Morgan fingerprint density at radius 2 is 1.96 bits per heavy atom. The molecule has 25 heavy (non-hydrogen) atoms. The molecular weight excluding hydrogens is 316 g/mol. The molecule has 0 radical (unpaired) electrons. The van der Waals surface area contributed by atoms with Crippen molar-refractivity contribution >= 4 is 6.03 Å². The lowest BCUT2D eigenvalue weighted by Crippen LogP contribution is -2.43. The summed E-state index contributed by atoms with van der Waals surface area (Å²) >= 11 is 0. The third-order valence-electron chi connectivity index (χ3n) is 4.84. The van der Waals surface area contributed by atoms with Crippen LogP contribution in [0.2, 0.25) is 0 Å². The van der Waals surface area contributed by atoms with Crippen molar-refractivity contribution in [2.24, 2.45) is 5.92 Å². The third-order valence-corrected chi connectivity index (χ3v) is 4.84. The molecule has 0 spiro atoms. The molecule has 1 saturated carbocycles. The van der Waals surface area contributed by atoms with Gasteiger partial charge in [-0.1, -0.05) is 30.3 Å². The summed E-state index contributed by atoms with van der Waals surface area (Å²) in [5.41, 5.74) is 1.20. The van der Waals surface area contributed by atoms with Crippen molar-refractivity contribution in [3.63, 3.8) is 0 Å². The molecule has 1 fully saturated rings. The summed E-state index contributed by atoms with van der Waals surface area (Å²) in [5, 5.41) is 15.1. The Hall–Kier alpha value is -2.34. The first kappa shape index (κ1) is 17.5. The molecule has 0 aliphatic heterocycles. The summed E-state index contributed by atoms with van der Waals surface area (Å²) in [6.45, 7) is 1.39. The molecule has 0 atom stereocenters. The van der Waals surface area contributed by atoms with Crippen LogP contribution in [0.3, 0.4) is 0 Å². The first-order chi connectivity index (χ1) is 12.2. The van der Waals surface area contributed by atoms with Gasteiger partial charge in [0.15, 0.2) is 0 Å². The van der Waals surface area contributed by atoms with Gasteiger partial charge in [-0.15, -0.1) is 0 Å². The summed E-state index contributed by atoms with van der Waals surface area (Å²) in [6.07, 6.45) is 7.50. The quantitative estimate of drug-likeness (QED) is 0.753. The molecule has 0 bridgehead atoms. The van der Waals surface area contributed by atoms with Crippen molar-refractivity contribution in [3.05, 3.63) is 54.1 Å². The van der Waals surface area contributed by atoms with Crippen molar-refractivity contribution in [2.75, 3.05) is 6.61 Å². The fourth-order valence-electron chi connectivity index (χ4n) is 3.32. The predicted molar refractivity (Wildman–Crippen MR) is 96.0 cm³/mol. The minimum atomic E-state index is -0.151. The van der Waals surface area contributed by atoms with Crippen LogP contribution in [0, 0.1) is 5.92 Å². The van der Waals surface area contributed by atoms with Gasteiger partial charge in [0.05, 0.1) is 6.54 Å². The summed E-state index contributed by atoms with van der Waals surface area (Å²) in [7, 11) is 0. The van der Waals surface area contributed by atoms with Crippen LogP contribution in [0.15, 0.2) is 42.7 Å². The van der Waals surface area contributed by atoms with Crippen LogP contribution < -0.4 is 10.6 Å². The molecule has 2 aromatic rings. The van der Waals surface area contributed by atoms with Gasteiger partial charge in [0, 0.05) is 31.6 Å². The first-order valence-electron chi connectivity index (χ1n) is 8.93. The smallest absolute Gasteiger partial charge is 0.315 e. The summed E-state index contributed by atoms with van der Waals surface area (Å²) in [6, 6.07) is 10.2. The van der Waals surface area contributed by atoms with Gasteiger partial charge in [-0.25, -0.2) is 9.78 Å². The largest absolute Gasteiger partial charge is 0.396 e. The van der Waals surface area contributed by atoms with Crippen molar-refractivity contribution < 1.29 is 9.90 Å². The Labute approximate surface area is 148 Å². The maximum absolute atomic E-state index is 12.1. The minimum absolute atomic E-state index is 0.151. The lowest BCUT2D eigenvalue weighted by molar-refractivity contribution is 0.174. The number of rotatable bonds is 6. The molecule has 0 saturated heterocycles. The SMILES string of the molecule is O=C(NCc1nccn1Cc1ccccc1)NC1CCC(CO)CC1. The molecule has 0 unspecified atom stereocenters. The number of hydrogen-bond donors (Lipinski definition) is 3. The number of urea groups is 1. The topological polar surface area (TPSA) is 79.2 Å². The molecule has 6 heteroatoms. The highest BCUT2D eigenvalue weighted by Gasteiger charge is 2.21. The molecule has 1 aliphatic rings. The van der Waals surface area contributed by atoms with Crippen LogP contribution in [-0.4, -0.2) is 33.3 Å². The van der Waals surface area contributed by atoms with E-state index >= 15 is 0 Å². The highest BCUT2D eigenvalue weighted by atomic mass is 16.3. The van der Waals surface area contributed by atoms with Crippen molar-refractivity contribution in [1.82, 2.24) is 20.2 Å². The summed E-state index contributed by atoms with van der Waals surface area (Å²) in [4.78, 5) is 16.5. The van der Waals surface area contributed by atoms with E-state index in [9.17, 15) is 9.90 Å². The Balaban J connectivity index is 1.46. The van der Waals surface area contributed by atoms with Crippen LogP contribution in [0.5, 0.6) is 0 Å². The van der Waals surface area contributed by atoms with Gasteiger partial charge in [0.2, 0.25) is 0 Å². The number of hydrogen-bond acceptors (Lipinski definition) is 3. The zero-order chi connectivity index (χ0) is 17.5. The van der Waals surface area contributed by atoms with E-state index in [1.165, 1.54) is 5.56 Å². The second kappa shape index (κ2) is 8.67. The zero-order valence-corrected chi connectivity index (χ0v) is 14.4. The number of carbonyl (C=O) groups is 1. The average Bonchev–Trinajstić information content (AvgIpc) is 3.08. The van der Waals surface area contributed by atoms with Gasteiger partial charge in [0.25, 0.3) is 0 Å². The molecule has 6 nitrogen and oxygen atoms in total. The van der Waals surface area contributed by atoms with E-state index in [-0.39, 0.29) is 18.7 Å². The van der Waals surface area contributed by atoms with Crippen LogP contribution in [0.1, 0.15) is 37.1 Å². The van der Waals surface area contributed by atoms with Crippen molar-refractivity contribution in [2.45, 2.75) is 44.8 Å². The van der Waals surface area contributed by atoms with Crippen LogP contribution in [0.4, 0.5) is 4.79 Å². The van der Waals surface area contributed by atoms with E-state index in [4.69, 9.17) is 0 Å². The third kappa shape index (κ3) is 5.06. The predicted octanol–water partition coefficient (Wildman–Crippen LogP) is 2.28. The van der Waals surface area contributed by atoms with Crippen LogP contribution in [-0.2, 0) is 13.1 Å². The number of nitrogens with zero attached hydrogens (tertiary/aromatic N) is 2. The normalized spacial score (nSPS) is 20.2. The number of imidazole rings is 1. The van der Waals surface area contributed by atoms with Gasteiger partial charge in [-0.05, 0) is 37.2 Å². The lowest BCUT2D eigenvalue weighted by atomic mass is 9.87. The van der Waals surface area contributed by atoms with Gasteiger partial charge in [0.1, 0.15) is 5.82 Å². The number of benzene rings is 1. The lowest BCUT2D eigenvalue weighted by Gasteiger charge is -2.27. The number of aliphatic hydroxyl groups excluding tert-OH is 1. The van der Waals surface area contributed by atoms with E-state index in [0.717, 1.165) is 38.1 Å². The molecule has 1 heterocycles. The van der Waals surface area contributed by atoms with E-state index in [1.807, 2.05) is 29.0 Å². The summed E-state index contributed by atoms with van der Waals surface area (Å²) in [5.74, 6) is 1.23. The summed E-state index contributed by atoms with van der Waals surface area (Å²) < 4.78 is 2.04. The molecular formula is C19H26N4O2. The molecule has 3 rings (SSSR count). The van der Waals surface area contributed by atoms with Gasteiger partial charge in [-0.2, -0.15) is 0 Å². The number of amides is 2. The van der Waals surface area contributed by atoms with E-state index < -0.39 is 0 Å².